The lowest BCUT2D eigenvalue weighted by Crippen LogP contribution is -2.48. The summed E-state index contributed by atoms with van der Waals surface area (Å²) in [6.45, 7) is 5.73. The van der Waals surface area contributed by atoms with Gasteiger partial charge in [-0.15, -0.1) is 0 Å². The van der Waals surface area contributed by atoms with E-state index in [1.54, 1.807) is 29.2 Å². The number of pyridine rings is 1. The van der Waals surface area contributed by atoms with E-state index in [0.717, 1.165) is 5.69 Å². The number of aromatic nitrogens is 4. The molecule has 0 spiro atoms. The van der Waals surface area contributed by atoms with Gasteiger partial charge in [0.25, 0.3) is 5.91 Å². The average molecular weight is 522 g/mol. The van der Waals surface area contributed by atoms with E-state index >= 15 is 0 Å². The Kier molecular flexibility index (Phi) is 5.81. The predicted molar refractivity (Wildman–Crippen MR) is 134 cm³/mol. The number of rotatable bonds is 5. The van der Waals surface area contributed by atoms with Crippen LogP contribution in [0.4, 0.5) is 20.2 Å². The molecule has 1 saturated carbocycles. The van der Waals surface area contributed by atoms with Crippen molar-refractivity contribution in [2.45, 2.75) is 32.4 Å². The van der Waals surface area contributed by atoms with Crippen LogP contribution in [0.1, 0.15) is 41.2 Å². The topological polar surface area (TPSA) is 109 Å². The lowest BCUT2D eigenvalue weighted by molar-refractivity contribution is -0.129. The van der Waals surface area contributed by atoms with Crippen molar-refractivity contribution in [1.82, 2.24) is 24.4 Å². The second-order valence-corrected chi connectivity index (χ2v) is 9.65. The number of hydrogen-bond donors (Lipinski definition) is 1. The second kappa shape index (κ2) is 9.19. The number of piperazine rings is 1. The molecule has 4 heterocycles. The van der Waals surface area contributed by atoms with Crippen molar-refractivity contribution in [3.8, 4) is 11.4 Å². The summed E-state index contributed by atoms with van der Waals surface area (Å²) in [6.07, 6.45) is 2.64. The van der Waals surface area contributed by atoms with Crippen LogP contribution in [0.2, 0.25) is 0 Å². The van der Waals surface area contributed by atoms with Crippen molar-refractivity contribution in [2.75, 3.05) is 36.4 Å². The van der Waals surface area contributed by atoms with Crippen molar-refractivity contribution in [3.05, 3.63) is 59.6 Å². The summed E-state index contributed by atoms with van der Waals surface area (Å²) in [6, 6.07) is 6.58. The van der Waals surface area contributed by atoms with E-state index < -0.39 is 23.8 Å². The van der Waals surface area contributed by atoms with Gasteiger partial charge in [0.05, 0.1) is 17.8 Å². The van der Waals surface area contributed by atoms with Gasteiger partial charge in [-0.25, -0.2) is 13.8 Å². The Morgan fingerprint density at radius 2 is 1.92 bits per heavy atom. The van der Waals surface area contributed by atoms with Gasteiger partial charge < -0.3 is 19.6 Å². The van der Waals surface area contributed by atoms with E-state index in [2.05, 4.69) is 25.3 Å². The molecule has 3 aromatic heterocycles. The molecule has 2 amide bonds. The van der Waals surface area contributed by atoms with E-state index in [9.17, 15) is 18.4 Å². The van der Waals surface area contributed by atoms with Gasteiger partial charge in [-0.3, -0.25) is 14.0 Å². The number of nitrogens with one attached hydrogen (secondary N) is 1. The molecule has 2 atom stereocenters. The number of carbonyl (C=O) groups is 2. The zero-order valence-corrected chi connectivity index (χ0v) is 20.8. The third-order valence-electron chi connectivity index (χ3n) is 7.14. The number of alkyl halides is 1. The maximum Gasteiger partial charge on any atom is 0.274 e. The van der Waals surface area contributed by atoms with Crippen LogP contribution in [-0.4, -0.2) is 68.6 Å². The van der Waals surface area contributed by atoms with Gasteiger partial charge in [0.15, 0.2) is 0 Å². The highest BCUT2D eigenvalue weighted by atomic mass is 19.1. The first-order valence-electron chi connectivity index (χ1n) is 12.4. The summed E-state index contributed by atoms with van der Waals surface area (Å²) in [5.41, 5.74) is 2.56. The normalized spacial score (nSPS) is 19.2. The Hall–Kier alpha value is -4.35. The van der Waals surface area contributed by atoms with Crippen molar-refractivity contribution >= 4 is 28.8 Å². The standard InChI is InChI=1S/C26H25F2N7O3/c1-14-19(27)9-16(24-31-26(38-32-24)18-11-20(18)28)10-21(14)30-25(37)22-12-29-23-4-3-17(13-35(22)23)34-7-5-33(6-8-34)15(2)36/h3-4,9-10,12-13,18,20H,5-8,11H2,1-2H3,(H,30,37)/t18-,20-/m1/s1. The summed E-state index contributed by atoms with van der Waals surface area (Å²) in [5.74, 6) is -1.07. The molecule has 38 heavy (non-hydrogen) atoms. The number of nitrogens with zero attached hydrogens (tertiary/aromatic N) is 6. The molecule has 2 fully saturated rings. The lowest BCUT2D eigenvalue weighted by Gasteiger charge is -2.35. The Morgan fingerprint density at radius 3 is 2.63 bits per heavy atom. The van der Waals surface area contributed by atoms with Gasteiger partial charge in [0.2, 0.25) is 17.6 Å². The fourth-order valence-electron chi connectivity index (χ4n) is 4.65. The number of amides is 2. The van der Waals surface area contributed by atoms with E-state index in [4.69, 9.17) is 4.52 Å². The minimum Gasteiger partial charge on any atom is -0.367 e. The maximum absolute atomic E-state index is 14.8. The summed E-state index contributed by atoms with van der Waals surface area (Å²) >= 11 is 0. The fourth-order valence-corrected chi connectivity index (χ4v) is 4.65. The van der Waals surface area contributed by atoms with Gasteiger partial charge in [-0.2, -0.15) is 4.98 Å². The molecule has 0 unspecified atom stereocenters. The summed E-state index contributed by atoms with van der Waals surface area (Å²) in [5, 5.41) is 6.64. The van der Waals surface area contributed by atoms with Crippen molar-refractivity contribution in [3.63, 3.8) is 0 Å². The number of halogens is 2. The molecular weight excluding hydrogens is 496 g/mol. The molecule has 1 aliphatic carbocycles. The highest BCUT2D eigenvalue weighted by Gasteiger charge is 2.43. The smallest absolute Gasteiger partial charge is 0.274 e. The molecule has 0 radical (unpaired) electrons. The number of benzene rings is 1. The van der Waals surface area contributed by atoms with Crippen LogP contribution in [0.15, 0.2) is 41.2 Å². The van der Waals surface area contributed by atoms with Gasteiger partial charge in [0, 0.05) is 56.1 Å². The summed E-state index contributed by atoms with van der Waals surface area (Å²) < 4.78 is 35.0. The molecule has 6 rings (SSSR count). The molecule has 10 nitrogen and oxygen atoms in total. The van der Waals surface area contributed by atoms with Crippen molar-refractivity contribution in [1.29, 1.82) is 0 Å². The molecular formula is C26H25F2N7O3. The van der Waals surface area contributed by atoms with Crippen LogP contribution in [-0.2, 0) is 4.79 Å². The van der Waals surface area contributed by atoms with E-state index in [-0.39, 0.29) is 34.6 Å². The molecule has 0 bridgehead atoms. The van der Waals surface area contributed by atoms with E-state index in [1.165, 1.54) is 12.3 Å². The summed E-state index contributed by atoms with van der Waals surface area (Å²) in [7, 11) is 0. The van der Waals surface area contributed by atoms with Gasteiger partial charge in [-0.1, -0.05) is 5.16 Å². The molecule has 1 aromatic carbocycles. The number of hydrogen-bond acceptors (Lipinski definition) is 7. The number of anilines is 2. The van der Waals surface area contributed by atoms with Crippen molar-refractivity contribution in [2.24, 2.45) is 0 Å². The Morgan fingerprint density at radius 1 is 1.16 bits per heavy atom. The first-order chi connectivity index (χ1) is 18.3. The number of imidazole rings is 1. The first-order valence-corrected chi connectivity index (χ1v) is 12.4. The molecule has 12 heteroatoms. The largest absolute Gasteiger partial charge is 0.367 e. The van der Waals surface area contributed by atoms with Crippen LogP contribution in [0.5, 0.6) is 0 Å². The Labute approximate surface area is 216 Å². The molecule has 1 N–H and O–H groups in total. The van der Waals surface area contributed by atoms with E-state index in [0.29, 0.717) is 43.8 Å². The number of fused-ring (bicyclic) bond motifs is 1. The highest BCUT2D eigenvalue weighted by Crippen LogP contribution is 2.43. The minimum atomic E-state index is -0.996. The van der Waals surface area contributed by atoms with Crippen molar-refractivity contribution < 1.29 is 22.9 Å². The van der Waals surface area contributed by atoms with Crippen LogP contribution in [0.3, 0.4) is 0 Å². The zero-order valence-electron chi connectivity index (χ0n) is 20.8. The molecule has 196 valence electrons. The monoisotopic (exact) mass is 521 g/mol. The van der Waals surface area contributed by atoms with Gasteiger partial charge >= 0.3 is 0 Å². The van der Waals surface area contributed by atoms with E-state index in [1.807, 2.05) is 18.3 Å². The third kappa shape index (κ3) is 4.35. The Bertz CT molecular complexity index is 1560. The van der Waals surface area contributed by atoms with Crippen LogP contribution in [0, 0.1) is 12.7 Å². The molecule has 4 aromatic rings. The van der Waals surface area contributed by atoms with Gasteiger partial charge in [0.1, 0.15) is 23.3 Å². The fraction of sp³-hybridized carbons (Fsp3) is 0.346. The van der Waals surface area contributed by atoms with Gasteiger partial charge in [-0.05, 0) is 37.6 Å². The highest BCUT2D eigenvalue weighted by molar-refractivity contribution is 6.04. The lowest BCUT2D eigenvalue weighted by atomic mass is 10.1. The molecule has 1 saturated heterocycles. The minimum absolute atomic E-state index is 0.0561. The quantitative estimate of drug-likeness (QED) is 0.428. The average Bonchev–Trinajstić information content (AvgIpc) is 3.29. The molecule has 2 aliphatic rings. The summed E-state index contributed by atoms with van der Waals surface area (Å²) in [4.78, 5) is 37.4. The second-order valence-electron chi connectivity index (χ2n) is 9.65. The predicted octanol–water partition coefficient (Wildman–Crippen LogP) is 3.58. The first kappa shape index (κ1) is 24.0. The van der Waals surface area contributed by atoms with Crippen LogP contribution < -0.4 is 10.2 Å². The Balaban J connectivity index is 1.25. The zero-order chi connectivity index (χ0) is 26.6. The maximum atomic E-state index is 14.8. The molecule has 1 aliphatic heterocycles. The number of carbonyl (C=O) groups excluding carboxylic acids is 2. The van der Waals surface area contributed by atoms with Crippen LogP contribution in [0.25, 0.3) is 17.0 Å². The SMILES string of the molecule is CC(=O)N1CCN(c2ccc3ncc(C(=O)Nc4cc(-c5noc([C@@H]6C[C@H]6F)n5)cc(F)c4C)n3c2)CC1. The third-order valence-corrected chi connectivity index (χ3v) is 7.14. The van der Waals surface area contributed by atoms with Crippen LogP contribution >= 0.6 is 0 Å².